The van der Waals surface area contributed by atoms with Gasteiger partial charge in [-0.1, -0.05) is 0 Å². The predicted octanol–water partition coefficient (Wildman–Crippen LogP) is 2.80. The lowest BCUT2D eigenvalue weighted by atomic mass is 9.78. The van der Waals surface area contributed by atoms with Crippen LogP contribution in [0, 0.1) is 11.6 Å². The second-order valence-electron chi connectivity index (χ2n) is 5.86. The number of aliphatic carboxylic acids is 1. The van der Waals surface area contributed by atoms with Crippen molar-refractivity contribution in [2.45, 2.75) is 19.0 Å². The fourth-order valence-corrected chi connectivity index (χ4v) is 3.31. The van der Waals surface area contributed by atoms with Crippen molar-refractivity contribution in [3.63, 3.8) is 0 Å². The number of nitrogens with one attached hydrogen (secondary N) is 1. The first-order valence-corrected chi connectivity index (χ1v) is 7.58. The van der Waals surface area contributed by atoms with E-state index in [1.165, 1.54) is 0 Å². The summed E-state index contributed by atoms with van der Waals surface area (Å²) in [5, 5.41) is 12.0. The number of esters is 1. The van der Waals surface area contributed by atoms with Crippen LogP contribution in [0.2, 0.25) is 0 Å². The van der Waals surface area contributed by atoms with E-state index in [4.69, 9.17) is 4.74 Å². The zero-order valence-corrected chi connectivity index (χ0v) is 13.4. The zero-order valence-electron chi connectivity index (χ0n) is 13.4. The van der Waals surface area contributed by atoms with Gasteiger partial charge in [-0.05, 0) is 18.6 Å². The van der Waals surface area contributed by atoms with Crippen LogP contribution in [-0.2, 0) is 14.3 Å². The molecular weight excluding hydrogens is 358 g/mol. The Hall–Kier alpha value is -2.84. The van der Waals surface area contributed by atoms with E-state index < -0.39 is 59.0 Å². The Kier molecular flexibility index (Phi) is 4.47. The second-order valence-corrected chi connectivity index (χ2v) is 5.86. The first kappa shape index (κ1) is 18.0. The highest BCUT2D eigenvalue weighted by Crippen LogP contribution is 2.44. The number of dihydropyridines is 1. The molecule has 9 heteroatoms. The van der Waals surface area contributed by atoms with Gasteiger partial charge in [-0.25, -0.2) is 27.2 Å². The third-order valence-electron chi connectivity index (χ3n) is 4.30. The summed E-state index contributed by atoms with van der Waals surface area (Å²) in [5.74, 6) is -6.41. The van der Waals surface area contributed by atoms with E-state index in [0.717, 1.165) is 13.0 Å². The number of alkyl halides is 2. The summed E-state index contributed by atoms with van der Waals surface area (Å²) in [6, 6.07) is 1.21. The monoisotopic (exact) mass is 371 g/mol. The number of ether oxygens (including phenoxy) is 1. The average Bonchev–Trinajstić information content (AvgIpc) is 2.92. The van der Waals surface area contributed by atoms with Crippen LogP contribution in [0.3, 0.4) is 0 Å². The summed E-state index contributed by atoms with van der Waals surface area (Å²) in [6.07, 6.45) is -1.93. The van der Waals surface area contributed by atoms with E-state index in [1.54, 1.807) is 0 Å². The molecule has 5 nitrogen and oxygen atoms in total. The van der Waals surface area contributed by atoms with Crippen LogP contribution in [0.1, 0.15) is 30.1 Å². The molecule has 3 rings (SSSR count). The van der Waals surface area contributed by atoms with E-state index >= 15 is 0 Å². The number of cyclic esters (lactones) is 1. The summed E-state index contributed by atoms with van der Waals surface area (Å²) >= 11 is 0. The Bertz CT molecular complexity index is 876. The van der Waals surface area contributed by atoms with Crippen LogP contribution in [0.25, 0.3) is 0 Å². The molecule has 138 valence electrons. The molecule has 1 aromatic rings. The average molecular weight is 371 g/mol. The lowest BCUT2D eigenvalue weighted by Gasteiger charge is -2.28. The summed E-state index contributed by atoms with van der Waals surface area (Å²) in [5.41, 5.74) is -2.15. The lowest BCUT2D eigenvalue weighted by Crippen LogP contribution is -2.32. The number of carboxylic acids is 1. The molecule has 0 spiro atoms. The van der Waals surface area contributed by atoms with Gasteiger partial charge in [-0.2, -0.15) is 0 Å². The summed E-state index contributed by atoms with van der Waals surface area (Å²) in [7, 11) is 0. The summed E-state index contributed by atoms with van der Waals surface area (Å²) in [6.45, 7) is -0.524. The molecular formula is C17H13F4NO4. The van der Waals surface area contributed by atoms with Crippen molar-refractivity contribution in [1.82, 2.24) is 5.32 Å². The van der Waals surface area contributed by atoms with Gasteiger partial charge < -0.3 is 15.2 Å². The van der Waals surface area contributed by atoms with Crippen molar-refractivity contribution in [2.24, 2.45) is 0 Å². The molecule has 0 bridgehead atoms. The van der Waals surface area contributed by atoms with Gasteiger partial charge in [0.15, 0.2) is 0 Å². The number of rotatable bonds is 4. The minimum atomic E-state index is -1.93. The molecule has 0 radical (unpaired) electrons. The molecule has 0 fully saturated rings. The Morgan fingerprint density at radius 2 is 2.12 bits per heavy atom. The molecule has 2 aliphatic heterocycles. The number of benzene rings is 1. The first-order valence-electron chi connectivity index (χ1n) is 7.58. The molecule has 2 atom stereocenters. The molecule has 26 heavy (non-hydrogen) atoms. The maximum atomic E-state index is 14.2. The van der Waals surface area contributed by atoms with Gasteiger partial charge in [0.2, 0.25) is 0 Å². The number of hydrogen-bond acceptors (Lipinski definition) is 4. The van der Waals surface area contributed by atoms with Gasteiger partial charge in [-0.3, -0.25) is 0 Å². The van der Waals surface area contributed by atoms with Crippen molar-refractivity contribution in [3.8, 4) is 0 Å². The number of halogens is 4. The molecule has 0 saturated carbocycles. The van der Waals surface area contributed by atoms with Crippen LogP contribution in [0.15, 0.2) is 34.7 Å². The highest BCUT2D eigenvalue weighted by Gasteiger charge is 2.44. The van der Waals surface area contributed by atoms with Crippen molar-refractivity contribution < 1.29 is 37.0 Å². The fourth-order valence-electron chi connectivity index (χ4n) is 3.31. The molecule has 0 saturated heterocycles. The van der Waals surface area contributed by atoms with Gasteiger partial charge in [-0.15, -0.1) is 0 Å². The van der Waals surface area contributed by atoms with E-state index in [9.17, 15) is 32.3 Å². The van der Waals surface area contributed by atoms with E-state index in [2.05, 4.69) is 5.32 Å². The minimum absolute atomic E-state index is 0.0831. The van der Waals surface area contributed by atoms with Crippen molar-refractivity contribution >= 4 is 11.9 Å². The third kappa shape index (κ3) is 2.73. The van der Waals surface area contributed by atoms with Crippen LogP contribution >= 0.6 is 0 Å². The maximum Gasteiger partial charge on any atom is 0.337 e. The maximum absolute atomic E-state index is 14.2. The van der Waals surface area contributed by atoms with Crippen LogP contribution < -0.4 is 5.32 Å². The number of allylic oxidation sites excluding steroid dienone is 1. The van der Waals surface area contributed by atoms with E-state index in [1.807, 2.05) is 0 Å². The summed E-state index contributed by atoms with van der Waals surface area (Å²) < 4.78 is 60.3. The quantitative estimate of drug-likeness (QED) is 0.629. The molecule has 0 amide bonds. The highest BCUT2D eigenvalue weighted by molar-refractivity contribution is 6.00. The highest BCUT2D eigenvalue weighted by atomic mass is 19.1. The van der Waals surface area contributed by atoms with Crippen LogP contribution in [0.5, 0.6) is 0 Å². The van der Waals surface area contributed by atoms with Crippen molar-refractivity contribution in [1.29, 1.82) is 0 Å². The SMILES string of the molecule is C[C@@H](F)c1c(F)cc(F)cc1[C@@H]1C(C(=O)O)=C(CF)NC2=C1C(=O)OC2. The van der Waals surface area contributed by atoms with Crippen LogP contribution in [-0.4, -0.2) is 30.3 Å². The van der Waals surface area contributed by atoms with Gasteiger partial charge in [0.05, 0.1) is 28.5 Å². The molecule has 2 aliphatic rings. The van der Waals surface area contributed by atoms with E-state index in [-0.39, 0.29) is 23.6 Å². The predicted molar refractivity (Wildman–Crippen MR) is 80.4 cm³/mol. The molecule has 2 heterocycles. The zero-order chi connectivity index (χ0) is 19.2. The van der Waals surface area contributed by atoms with Gasteiger partial charge in [0, 0.05) is 11.6 Å². The van der Waals surface area contributed by atoms with Gasteiger partial charge >= 0.3 is 11.9 Å². The lowest BCUT2D eigenvalue weighted by molar-refractivity contribution is -0.136. The Labute approximate surface area is 144 Å². The Balaban J connectivity index is 2.35. The summed E-state index contributed by atoms with van der Waals surface area (Å²) in [4.78, 5) is 23.8. The fraction of sp³-hybridized carbons (Fsp3) is 0.294. The minimum Gasteiger partial charge on any atom is -0.478 e. The molecule has 1 aromatic carbocycles. The number of carboxylic acid groups (broad SMARTS) is 1. The number of carbonyl (C=O) groups excluding carboxylic acids is 1. The van der Waals surface area contributed by atoms with Crippen LogP contribution in [0.4, 0.5) is 17.6 Å². The standard InChI is InChI=1S/C17H13F4NO4/c1-6(19)12-8(2-7(20)3-9(12)21)13-14(16(23)24)10(4-18)22-11-5-26-17(25)15(11)13/h2-3,6,13,22H,4-5H2,1H3,(H,23,24)/t6-,13-/m1/s1. The second kappa shape index (κ2) is 6.47. The topological polar surface area (TPSA) is 75.6 Å². The largest absolute Gasteiger partial charge is 0.478 e. The normalized spacial score (nSPS) is 20.7. The van der Waals surface area contributed by atoms with Crippen molar-refractivity contribution in [3.05, 3.63) is 57.4 Å². The Morgan fingerprint density at radius 1 is 1.42 bits per heavy atom. The number of carbonyl (C=O) groups is 2. The van der Waals surface area contributed by atoms with Crippen molar-refractivity contribution in [2.75, 3.05) is 13.3 Å². The molecule has 0 aromatic heterocycles. The number of hydrogen-bond donors (Lipinski definition) is 2. The van der Waals surface area contributed by atoms with Gasteiger partial charge in [0.25, 0.3) is 0 Å². The molecule has 0 unspecified atom stereocenters. The third-order valence-corrected chi connectivity index (χ3v) is 4.30. The Morgan fingerprint density at radius 3 is 2.69 bits per heavy atom. The molecule has 0 aliphatic carbocycles. The van der Waals surface area contributed by atoms with E-state index in [0.29, 0.717) is 6.07 Å². The molecule has 2 N–H and O–H groups in total. The van der Waals surface area contributed by atoms with Gasteiger partial charge in [0.1, 0.15) is 31.1 Å². The smallest absolute Gasteiger partial charge is 0.337 e. The first-order chi connectivity index (χ1) is 12.3.